The van der Waals surface area contributed by atoms with Crippen molar-refractivity contribution in [3.8, 4) is 0 Å². The number of nitro benzene ring substituents is 1. The summed E-state index contributed by atoms with van der Waals surface area (Å²) in [7, 11) is 0. The van der Waals surface area contributed by atoms with E-state index in [-0.39, 0.29) is 16.9 Å². The van der Waals surface area contributed by atoms with Gasteiger partial charge in [-0.2, -0.15) is 0 Å². The van der Waals surface area contributed by atoms with Crippen molar-refractivity contribution >= 4 is 17.7 Å². The lowest BCUT2D eigenvalue weighted by Gasteiger charge is -2.40. The quantitative estimate of drug-likeness (QED) is 0.461. The summed E-state index contributed by atoms with van der Waals surface area (Å²) in [5, 5.41) is 10.7. The fourth-order valence-electron chi connectivity index (χ4n) is 1.78. The smallest absolute Gasteiger partial charge is 0.282 e. The summed E-state index contributed by atoms with van der Waals surface area (Å²) in [5.41, 5.74) is -0.346. The van der Waals surface area contributed by atoms with E-state index >= 15 is 0 Å². The Hall–Kier alpha value is -2.05. The molecule has 1 fully saturated rings. The number of alkyl halides is 2. The van der Waals surface area contributed by atoms with E-state index in [1.54, 1.807) is 0 Å². The molecule has 1 heterocycles. The number of carbonyl (C=O) groups excluding carboxylic acids is 1. The second-order valence-corrected chi connectivity index (χ2v) is 3.80. The fourth-order valence-corrected chi connectivity index (χ4v) is 1.78. The summed E-state index contributed by atoms with van der Waals surface area (Å²) in [6, 6.07) is 3.97. The Bertz CT molecular complexity index is 482. The van der Waals surface area contributed by atoms with Crippen molar-refractivity contribution in [2.75, 3.05) is 18.0 Å². The molecule has 0 radical (unpaired) electrons. The molecule has 5 nitrogen and oxygen atoms in total. The van der Waals surface area contributed by atoms with Crippen LogP contribution < -0.4 is 4.90 Å². The van der Waals surface area contributed by atoms with E-state index in [2.05, 4.69) is 0 Å². The predicted molar refractivity (Wildman–Crippen MR) is 55.6 cm³/mol. The Kier molecular flexibility index (Phi) is 2.53. The molecular formula is C10H8F2N2O3. The van der Waals surface area contributed by atoms with E-state index in [1.165, 1.54) is 23.1 Å². The van der Waals surface area contributed by atoms with Crippen LogP contribution in [0, 0.1) is 10.1 Å². The SMILES string of the molecule is O=Cc1c(N2CC(F)(F)C2)cccc1[N+](=O)[O-]. The van der Waals surface area contributed by atoms with E-state index < -0.39 is 23.9 Å². The molecule has 0 atom stereocenters. The number of anilines is 1. The van der Waals surface area contributed by atoms with Crippen LogP contribution in [-0.4, -0.2) is 30.2 Å². The molecule has 1 aromatic carbocycles. The Morgan fingerprint density at radius 2 is 2.06 bits per heavy atom. The average Bonchev–Trinajstić information content (AvgIpc) is 2.24. The lowest BCUT2D eigenvalue weighted by atomic mass is 10.1. The number of hydrogen-bond donors (Lipinski definition) is 0. The van der Waals surface area contributed by atoms with E-state index in [9.17, 15) is 23.7 Å². The lowest BCUT2D eigenvalue weighted by molar-refractivity contribution is -0.385. The number of benzene rings is 1. The number of carbonyl (C=O) groups is 1. The first kappa shape index (κ1) is 11.4. The van der Waals surface area contributed by atoms with Gasteiger partial charge >= 0.3 is 0 Å². The van der Waals surface area contributed by atoms with Gasteiger partial charge in [-0.05, 0) is 6.07 Å². The van der Waals surface area contributed by atoms with Crippen LogP contribution in [-0.2, 0) is 0 Å². The van der Waals surface area contributed by atoms with E-state index in [0.29, 0.717) is 6.29 Å². The van der Waals surface area contributed by atoms with Crippen molar-refractivity contribution in [1.82, 2.24) is 0 Å². The number of rotatable bonds is 3. The molecule has 1 saturated heterocycles. The third kappa shape index (κ3) is 1.95. The first-order valence-corrected chi connectivity index (χ1v) is 4.80. The highest BCUT2D eigenvalue weighted by Gasteiger charge is 2.45. The summed E-state index contributed by atoms with van der Waals surface area (Å²) in [4.78, 5) is 22.1. The maximum Gasteiger partial charge on any atom is 0.282 e. The van der Waals surface area contributed by atoms with Crippen LogP contribution in [0.2, 0.25) is 0 Å². The highest BCUT2D eigenvalue weighted by atomic mass is 19.3. The molecule has 1 aliphatic rings. The molecule has 0 unspecified atom stereocenters. The number of hydrogen-bond acceptors (Lipinski definition) is 4. The number of nitro groups is 1. The van der Waals surface area contributed by atoms with Gasteiger partial charge in [0.2, 0.25) is 0 Å². The zero-order valence-electron chi connectivity index (χ0n) is 8.60. The van der Waals surface area contributed by atoms with Crippen LogP contribution in [0.25, 0.3) is 0 Å². The lowest BCUT2D eigenvalue weighted by Crippen LogP contribution is -2.56. The molecule has 1 aliphatic heterocycles. The Morgan fingerprint density at radius 1 is 1.41 bits per heavy atom. The molecule has 0 amide bonds. The van der Waals surface area contributed by atoms with Gasteiger partial charge in [0.15, 0.2) is 6.29 Å². The van der Waals surface area contributed by atoms with Gasteiger partial charge in [0, 0.05) is 6.07 Å². The van der Waals surface area contributed by atoms with Crippen molar-refractivity contribution in [3.05, 3.63) is 33.9 Å². The Labute approximate surface area is 94.8 Å². The third-order valence-electron chi connectivity index (χ3n) is 2.56. The van der Waals surface area contributed by atoms with Crippen molar-refractivity contribution in [3.63, 3.8) is 0 Å². The van der Waals surface area contributed by atoms with Gasteiger partial charge in [-0.3, -0.25) is 14.9 Å². The van der Waals surface area contributed by atoms with E-state index in [1.807, 2.05) is 0 Å². The van der Waals surface area contributed by atoms with Gasteiger partial charge in [0.05, 0.1) is 23.7 Å². The maximum absolute atomic E-state index is 12.7. The van der Waals surface area contributed by atoms with Gasteiger partial charge in [-0.25, -0.2) is 8.78 Å². The highest BCUT2D eigenvalue weighted by molar-refractivity contribution is 5.90. The first-order valence-electron chi connectivity index (χ1n) is 4.80. The summed E-state index contributed by atoms with van der Waals surface area (Å²) < 4.78 is 25.4. The molecule has 0 N–H and O–H groups in total. The van der Waals surface area contributed by atoms with E-state index in [0.717, 1.165) is 0 Å². The van der Waals surface area contributed by atoms with Gasteiger partial charge in [0.1, 0.15) is 5.56 Å². The second kappa shape index (κ2) is 3.76. The minimum atomic E-state index is -2.79. The number of nitrogens with zero attached hydrogens (tertiary/aromatic N) is 2. The van der Waals surface area contributed by atoms with Crippen molar-refractivity contribution in [1.29, 1.82) is 0 Å². The molecule has 0 bridgehead atoms. The number of aldehydes is 1. The van der Waals surface area contributed by atoms with Crippen LogP contribution in [0.3, 0.4) is 0 Å². The molecular weight excluding hydrogens is 234 g/mol. The van der Waals surface area contributed by atoms with Crippen LogP contribution in [0.15, 0.2) is 18.2 Å². The molecule has 0 aliphatic carbocycles. The highest BCUT2D eigenvalue weighted by Crippen LogP contribution is 2.35. The first-order chi connectivity index (χ1) is 7.94. The van der Waals surface area contributed by atoms with Crippen LogP contribution >= 0.6 is 0 Å². The summed E-state index contributed by atoms with van der Waals surface area (Å²) >= 11 is 0. The molecule has 0 spiro atoms. The second-order valence-electron chi connectivity index (χ2n) is 3.80. The number of halogens is 2. The average molecular weight is 242 g/mol. The van der Waals surface area contributed by atoms with Gasteiger partial charge < -0.3 is 4.90 Å². The molecule has 0 saturated carbocycles. The molecule has 90 valence electrons. The molecule has 0 aromatic heterocycles. The predicted octanol–water partition coefficient (Wildman–Crippen LogP) is 1.86. The topological polar surface area (TPSA) is 63.5 Å². The van der Waals surface area contributed by atoms with Crippen molar-refractivity contribution in [2.45, 2.75) is 5.92 Å². The minimum Gasteiger partial charge on any atom is -0.359 e. The summed E-state index contributed by atoms with van der Waals surface area (Å²) in [6.45, 7) is -1.04. The standard InChI is InChI=1S/C10H8F2N2O3/c11-10(12)5-13(6-10)8-2-1-3-9(14(16)17)7(8)4-15/h1-4H,5-6H2. The molecule has 17 heavy (non-hydrogen) atoms. The maximum atomic E-state index is 12.7. The summed E-state index contributed by atoms with van der Waals surface area (Å²) in [5.74, 6) is -2.79. The molecule has 7 heteroatoms. The zero-order valence-corrected chi connectivity index (χ0v) is 8.60. The van der Waals surface area contributed by atoms with E-state index in [4.69, 9.17) is 0 Å². The fraction of sp³-hybridized carbons (Fsp3) is 0.300. The molecule has 1 aromatic rings. The van der Waals surface area contributed by atoms with Gasteiger partial charge in [-0.15, -0.1) is 0 Å². The van der Waals surface area contributed by atoms with Crippen molar-refractivity contribution < 1.29 is 18.5 Å². The molecule has 2 rings (SSSR count). The normalized spacial score (nSPS) is 17.4. The van der Waals surface area contributed by atoms with Crippen LogP contribution in [0.5, 0.6) is 0 Å². The van der Waals surface area contributed by atoms with Gasteiger partial charge in [0.25, 0.3) is 11.6 Å². The largest absolute Gasteiger partial charge is 0.359 e. The Morgan fingerprint density at radius 3 is 2.53 bits per heavy atom. The van der Waals surface area contributed by atoms with Crippen LogP contribution in [0.4, 0.5) is 20.2 Å². The van der Waals surface area contributed by atoms with Crippen molar-refractivity contribution in [2.24, 2.45) is 0 Å². The zero-order chi connectivity index (χ0) is 12.6. The summed E-state index contributed by atoms with van der Waals surface area (Å²) in [6.07, 6.45) is 0.323. The third-order valence-corrected chi connectivity index (χ3v) is 2.56. The Balaban J connectivity index is 2.38. The van der Waals surface area contributed by atoms with Crippen LogP contribution in [0.1, 0.15) is 10.4 Å². The monoisotopic (exact) mass is 242 g/mol. The minimum absolute atomic E-state index is 0.159. The van der Waals surface area contributed by atoms with Gasteiger partial charge in [-0.1, -0.05) is 6.07 Å².